The number of nitrogens with two attached hydrogens (primary N) is 1. The highest BCUT2D eigenvalue weighted by atomic mass is 19.4. The van der Waals surface area contributed by atoms with Crippen molar-refractivity contribution in [2.45, 2.75) is 26.1 Å². The summed E-state index contributed by atoms with van der Waals surface area (Å²) in [6.45, 7) is 5.43. The van der Waals surface area contributed by atoms with Crippen LogP contribution in [0.25, 0.3) is 11.3 Å². The first-order valence-electron chi connectivity index (χ1n) is 7.93. The van der Waals surface area contributed by atoms with Crippen LogP contribution in [0.4, 0.5) is 13.2 Å². The average molecular weight is 338 g/mol. The van der Waals surface area contributed by atoms with E-state index in [0.717, 1.165) is 42.9 Å². The van der Waals surface area contributed by atoms with Gasteiger partial charge in [0, 0.05) is 18.7 Å². The van der Waals surface area contributed by atoms with Gasteiger partial charge in [0.15, 0.2) is 0 Å². The lowest BCUT2D eigenvalue weighted by molar-refractivity contribution is -0.137. The molecule has 1 unspecified atom stereocenters. The van der Waals surface area contributed by atoms with Gasteiger partial charge in [-0.3, -0.25) is 10.00 Å². The third-order valence-electron chi connectivity index (χ3n) is 4.74. The Bertz CT molecular complexity index is 693. The maximum absolute atomic E-state index is 12.7. The Morgan fingerprint density at radius 1 is 1.29 bits per heavy atom. The van der Waals surface area contributed by atoms with Crippen LogP contribution in [0.15, 0.2) is 30.5 Å². The summed E-state index contributed by atoms with van der Waals surface area (Å²) in [4.78, 5) is 2.31. The van der Waals surface area contributed by atoms with Gasteiger partial charge in [-0.05, 0) is 42.6 Å². The fourth-order valence-electron chi connectivity index (χ4n) is 3.18. The van der Waals surface area contributed by atoms with Gasteiger partial charge in [0.1, 0.15) is 0 Å². The molecule has 0 saturated carbocycles. The summed E-state index contributed by atoms with van der Waals surface area (Å²) in [5.41, 5.74) is 7.78. The minimum Gasteiger partial charge on any atom is -0.330 e. The van der Waals surface area contributed by atoms with Crippen LogP contribution in [0.1, 0.15) is 24.5 Å². The summed E-state index contributed by atoms with van der Waals surface area (Å²) in [5, 5.41) is 6.98. The van der Waals surface area contributed by atoms with Gasteiger partial charge in [0.05, 0.1) is 17.5 Å². The van der Waals surface area contributed by atoms with Crippen LogP contribution in [-0.2, 0) is 12.7 Å². The second-order valence-electron chi connectivity index (χ2n) is 6.82. The van der Waals surface area contributed by atoms with E-state index < -0.39 is 11.7 Å². The molecule has 0 aliphatic carbocycles. The first-order valence-corrected chi connectivity index (χ1v) is 7.93. The smallest absolute Gasteiger partial charge is 0.330 e. The predicted molar refractivity (Wildman–Crippen MR) is 86.1 cm³/mol. The summed E-state index contributed by atoms with van der Waals surface area (Å²) in [6.07, 6.45) is -1.53. The number of aromatic amines is 1. The molecule has 2 aromatic rings. The molecule has 1 aromatic carbocycles. The molecule has 0 bridgehead atoms. The summed E-state index contributed by atoms with van der Waals surface area (Å²) < 4.78 is 38.0. The Balaban J connectivity index is 1.76. The lowest BCUT2D eigenvalue weighted by atomic mass is 9.90. The molecular weight excluding hydrogens is 317 g/mol. The third kappa shape index (κ3) is 3.47. The van der Waals surface area contributed by atoms with E-state index in [1.165, 1.54) is 12.1 Å². The third-order valence-corrected chi connectivity index (χ3v) is 4.74. The van der Waals surface area contributed by atoms with Gasteiger partial charge >= 0.3 is 6.18 Å². The molecule has 130 valence electrons. The molecule has 24 heavy (non-hydrogen) atoms. The van der Waals surface area contributed by atoms with E-state index in [0.29, 0.717) is 18.7 Å². The van der Waals surface area contributed by atoms with Crippen molar-refractivity contribution in [2.24, 2.45) is 11.1 Å². The normalized spacial score (nSPS) is 22.2. The summed E-state index contributed by atoms with van der Waals surface area (Å²) >= 11 is 0. The molecule has 4 nitrogen and oxygen atoms in total. The topological polar surface area (TPSA) is 57.9 Å². The van der Waals surface area contributed by atoms with Crippen molar-refractivity contribution in [3.63, 3.8) is 0 Å². The zero-order chi connectivity index (χ0) is 17.4. The lowest BCUT2D eigenvalue weighted by Gasteiger charge is -2.22. The van der Waals surface area contributed by atoms with E-state index in [9.17, 15) is 13.2 Å². The van der Waals surface area contributed by atoms with Gasteiger partial charge in [-0.2, -0.15) is 18.3 Å². The molecule has 1 atom stereocenters. The van der Waals surface area contributed by atoms with Gasteiger partial charge in [0.2, 0.25) is 0 Å². The minimum atomic E-state index is -4.32. The van der Waals surface area contributed by atoms with Crippen molar-refractivity contribution in [1.82, 2.24) is 15.1 Å². The standard InChI is InChI=1S/C17H21F3N4/c1-16(10-21)6-7-24(11-16)9-13-8-22-23-15(13)12-2-4-14(5-3-12)17(18,19)20/h2-5,8H,6-7,9-11,21H2,1H3,(H,22,23). The fraction of sp³-hybridized carbons (Fsp3) is 0.471. The second kappa shape index (κ2) is 6.22. The molecule has 3 rings (SSSR count). The molecule has 0 amide bonds. The number of nitrogens with zero attached hydrogens (tertiary/aromatic N) is 2. The summed E-state index contributed by atoms with van der Waals surface area (Å²) in [7, 11) is 0. The van der Waals surface area contributed by atoms with E-state index in [-0.39, 0.29) is 5.41 Å². The van der Waals surface area contributed by atoms with E-state index in [4.69, 9.17) is 5.73 Å². The predicted octanol–water partition coefficient (Wildman–Crippen LogP) is 3.27. The van der Waals surface area contributed by atoms with Crippen LogP contribution < -0.4 is 5.73 Å². The van der Waals surface area contributed by atoms with Gasteiger partial charge in [0.25, 0.3) is 0 Å². The van der Waals surface area contributed by atoms with Crippen LogP contribution in [0.5, 0.6) is 0 Å². The maximum atomic E-state index is 12.7. The highest BCUT2D eigenvalue weighted by Crippen LogP contribution is 2.33. The quantitative estimate of drug-likeness (QED) is 0.900. The molecule has 0 radical (unpaired) electrons. The molecule has 3 N–H and O–H groups in total. The Morgan fingerprint density at radius 2 is 2.00 bits per heavy atom. The number of nitrogens with one attached hydrogen (secondary N) is 1. The fourth-order valence-corrected chi connectivity index (χ4v) is 3.18. The van der Waals surface area contributed by atoms with Gasteiger partial charge in [-0.1, -0.05) is 19.1 Å². The SMILES string of the molecule is CC1(CN)CCN(Cc2cn[nH]c2-c2ccc(C(F)(F)F)cc2)C1. The minimum absolute atomic E-state index is 0.137. The van der Waals surface area contributed by atoms with Gasteiger partial charge in [-0.15, -0.1) is 0 Å². The number of alkyl halides is 3. The highest BCUT2D eigenvalue weighted by molar-refractivity contribution is 5.63. The number of benzene rings is 1. The number of hydrogen-bond donors (Lipinski definition) is 2. The number of H-pyrrole nitrogens is 1. The zero-order valence-corrected chi connectivity index (χ0v) is 13.5. The molecule has 1 aliphatic heterocycles. The van der Waals surface area contributed by atoms with Crippen molar-refractivity contribution in [3.05, 3.63) is 41.6 Å². The zero-order valence-electron chi connectivity index (χ0n) is 13.5. The van der Waals surface area contributed by atoms with Crippen molar-refractivity contribution >= 4 is 0 Å². The Kier molecular flexibility index (Phi) is 4.40. The first kappa shape index (κ1) is 17.0. The van der Waals surface area contributed by atoms with Crippen LogP contribution in [0.3, 0.4) is 0 Å². The molecule has 2 heterocycles. The second-order valence-corrected chi connectivity index (χ2v) is 6.82. The van der Waals surface area contributed by atoms with Crippen molar-refractivity contribution in [3.8, 4) is 11.3 Å². The summed E-state index contributed by atoms with van der Waals surface area (Å²) in [6, 6.07) is 5.16. The van der Waals surface area contributed by atoms with Gasteiger partial charge in [-0.25, -0.2) is 0 Å². The molecule has 1 saturated heterocycles. The number of likely N-dealkylation sites (tertiary alicyclic amines) is 1. The molecule has 1 aromatic heterocycles. The largest absolute Gasteiger partial charge is 0.416 e. The van der Waals surface area contributed by atoms with Crippen LogP contribution in [0, 0.1) is 5.41 Å². The van der Waals surface area contributed by atoms with Crippen molar-refractivity contribution in [2.75, 3.05) is 19.6 Å². The molecule has 1 aliphatic rings. The Morgan fingerprint density at radius 3 is 2.58 bits per heavy atom. The molecule has 1 fully saturated rings. The van der Waals surface area contributed by atoms with Crippen LogP contribution in [-0.4, -0.2) is 34.7 Å². The average Bonchev–Trinajstić information content (AvgIpc) is 3.15. The summed E-state index contributed by atoms with van der Waals surface area (Å²) in [5.74, 6) is 0. The van der Waals surface area contributed by atoms with Crippen molar-refractivity contribution in [1.29, 1.82) is 0 Å². The van der Waals surface area contributed by atoms with E-state index in [1.807, 2.05) is 0 Å². The monoisotopic (exact) mass is 338 g/mol. The Hall–Kier alpha value is -1.86. The number of halogens is 3. The number of hydrogen-bond acceptors (Lipinski definition) is 3. The Labute approximate surface area is 138 Å². The van der Waals surface area contributed by atoms with Crippen LogP contribution >= 0.6 is 0 Å². The van der Waals surface area contributed by atoms with Gasteiger partial charge < -0.3 is 5.73 Å². The molecule has 0 spiro atoms. The number of rotatable bonds is 4. The highest BCUT2D eigenvalue weighted by Gasteiger charge is 2.33. The molecule has 7 heteroatoms. The molecular formula is C17H21F3N4. The van der Waals surface area contributed by atoms with E-state index in [1.54, 1.807) is 6.20 Å². The van der Waals surface area contributed by atoms with E-state index >= 15 is 0 Å². The first-order chi connectivity index (χ1) is 11.3. The van der Waals surface area contributed by atoms with Crippen LogP contribution in [0.2, 0.25) is 0 Å². The lowest BCUT2D eigenvalue weighted by Crippen LogP contribution is -2.31. The van der Waals surface area contributed by atoms with Crippen molar-refractivity contribution < 1.29 is 13.2 Å². The van der Waals surface area contributed by atoms with E-state index in [2.05, 4.69) is 22.0 Å². The maximum Gasteiger partial charge on any atom is 0.416 e. The number of aromatic nitrogens is 2.